The van der Waals surface area contributed by atoms with Gasteiger partial charge in [0, 0.05) is 21.8 Å². The first-order valence-corrected chi connectivity index (χ1v) is 8.44. The molecule has 0 spiro atoms. The molecule has 0 fully saturated rings. The Labute approximate surface area is 130 Å². The van der Waals surface area contributed by atoms with E-state index in [2.05, 4.69) is 61.2 Å². The molecule has 1 unspecified atom stereocenters. The average Bonchev–Trinajstić information content (AvgIpc) is 2.62. The maximum Gasteiger partial charge on any atom is 0.143 e. The number of allylic oxidation sites excluding steroid dienone is 4. The van der Waals surface area contributed by atoms with Crippen LogP contribution in [-0.2, 0) is 4.79 Å². The van der Waals surface area contributed by atoms with Crippen molar-refractivity contribution in [1.82, 2.24) is 0 Å². The first-order valence-electron chi connectivity index (χ1n) is 7.45. The van der Waals surface area contributed by atoms with Crippen molar-refractivity contribution < 1.29 is 4.79 Å². The molecule has 1 aromatic rings. The highest BCUT2D eigenvalue weighted by Crippen LogP contribution is 2.45. The SMILES string of the molecule is CC1(C)CSc2ccccc2N(C2=CC=CCC2)C1C=O. The summed E-state index contributed by atoms with van der Waals surface area (Å²) in [5.41, 5.74) is 2.36. The van der Waals surface area contributed by atoms with Crippen LogP contribution in [0.3, 0.4) is 0 Å². The number of benzene rings is 1. The van der Waals surface area contributed by atoms with Gasteiger partial charge in [0.15, 0.2) is 0 Å². The molecule has 3 rings (SSSR count). The van der Waals surface area contributed by atoms with Crippen molar-refractivity contribution in [1.29, 1.82) is 0 Å². The van der Waals surface area contributed by atoms with E-state index >= 15 is 0 Å². The predicted octanol–water partition coefficient (Wildman–Crippen LogP) is 4.43. The topological polar surface area (TPSA) is 20.3 Å². The summed E-state index contributed by atoms with van der Waals surface area (Å²) >= 11 is 1.86. The average molecular weight is 299 g/mol. The van der Waals surface area contributed by atoms with Gasteiger partial charge in [-0.2, -0.15) is 0 Å². The van der Waals surface area contributed by atoms with Gasteiger partial charge in [-0.15, -0.1) is 11.8 Å². The minimum absolute atomic E-state index is 0.0621. The number of thioether (sulfide) groups is 1. The van der Waals surface area contributed by atoms with Crippen molar-refractivity contribution in [3.05, 3.63) is 48.2 Å². The zero-order valence-electron chi connectivity index (χ0n) is 12.6. The van der Waals surface area contributed by atoms with Gasteiger partial charge in [-0.3, -0.25) is 0 Å². The number of fused-ring (bicyclic) bond motifs is 1. The molecular weight excluding hydrogens is 278 g/mol. The van der Waals surface area contributed by atoms with Crippen LogP contribution in [0.15, 0.2) is 53.1 Å². The Morgan fingerprint density at radius 1 is 1.33 bits per heavy atom. The Kier molecular flexibility index (Phi) is 3.94. The van der Waals surface area contributed by atoms with Crippen molar-refractivity contribution in [2.75, 3.05) is 10.7 Å². The first kappa shape index (κ1) is 14.5. The Hall–Kier alpha value is -1.48. The molecule has 0 bridgehead atoms. The molecule has 21 heavy (non-hydrogen) atoms. The number of para-hydroxylation sites is 1. The van der Waals surface area contributed by atoms with E-state index in [0.717, 1.165) is 24.9 Å². The van der Waals surface area contributed by atoms with Crippen LogP contribution in [-0.4, -0.2) is 18.1 Å². The van der Waals surface area contributed by atoms with Crippen LogP contribution in [0.2, 0.25) is 0 Å². The van der Waals surface area contributed by atoms with Gasteiger partial charge in [0.2, 0.25) is 0 Å². The molecule has 1 aromatic carbocycles. The molecule has 110 valence electrons. The smallest absolute Gasteiger partial charge is 0.143 e. The minimum atomic E-state index is -0.119. The molecule has 0 radical (unpaired) electrons. The molecule has 0 amide bonds. The van der Waals surface area contributed by atoms with Crippen molar-refractivity contribution in [3.63, 3.8) is 0 Å². The fourth-order valence-electron chi connectivity index (χ4n) is 3.00. The molecule has 0 aromatic heterocycles. The summed E-state index contributed by atoms with van der Waals surface area (Å²) in [5, 5.41) is 0. The second-order valence-corrected chi connectivity index (χ2v) is 7.34. The van der Waals surface area contributed by atoms with Gasteiger partial charge < -0.3 is 9.69 Å². The van der Waals surface area contributed by atoms with Gasteiger partial charge in [-0.1, -0.05) is 38.1 Å². The second kappa shape index (κ2) is 5.72. The first-order chi connectivity index (χ1) is 10.1. The Bertz CT molecular complexity index is 603. The highest BCUT2D eigenvalue weighted by atomic mass is 32.2. The Balaban J connectivity index is 2.15. The molecule has 1 aliphatic carbocycles. The lowest BCUT2D eigenvalue weighted by molar-refractivity contribution is -0.110. The minimum Gasteiger partial charge on any atom is -0.333 e. The van der Waals surface area contributed by atoms with Gasteiger partial charge in [-0.05, 0) is 31.1 Å². The number of hydrogen-bond acceptors (Lipinski definition) is 3. The maximum absolute atomic E-state index is 11.9. The van der Waals surface area contributed by atoms with Crippen LogP contribution in [0.1, 0.15) is 26.7 Å². The van der Waals surface area contributed by atoms with Crippen LogP contribution < -0.4 is 4.90 Å². The third-order valence-corrected chi connectivity index (χ3v) is 5.78. The van der Waals surface area contributed by atoms with Crippen LogP contribution in [0.25, 0.3) is 0 Å². The van der Waals surface area contributed by atoms with Crippen LogP contribution in [0.4, 0.5) is 5.69 Å². The standard InChI is InChI=1S/C18H21NOS/c1-18(2)13-21-16-11-7-6-10-15(16)19(17(18)12-20)14-8-4-3-5-9-14/h3-4,6-8,10-12,17H,5,9,13H2,1-2H3. The number of anilines is 1. The summed E-state index contributed by atoms with van der Waals surface area (Å²) in [6, 6.07) is 8.32. The summed E-state index contributed by atoms with van der Waals surface area (Å²) in [7, 11) is 0. The predicted molar refractivity (Wildman–Crippen MR) is 89.7 cm³/mol. The molecule has 1 heterocycles. The third kappa shape index (κ3) is 2.67. The lowest BCUT2D eigenvalue weighted by Crippen LogP contribution is -2.46. The van der Waals surface area contributed by atoms with Gasteiger partial charge in [-0.25, -0.2) is 0 Å². The van der Waals surface area contributed by atoms with Gasteiger partial charge in [0.25, 0.3) is 0 Å². The zero-order valence-corrected chi connectivity index (χ0v) is 13.4. The maximum atomic E-state index is 11.9. The fourth-order valence-corrected chi connectivity index (χ4v) is 4.18. The Morgan fingerprint density at radius 3 is 2.86 bits per heavy atom. The molecular formula is C18H21NOS. The Morgan fingerprint density at radius 2 is 2.14 bits per heavy atom. The van der Waals surface area contributed by atoms with Gasteiger partial charge >= 0.3 is 0 Å². The number of carbonyl (C=O) groups is 1. The highest BCUT2D eigenvalue weighted by molar-refractivity contribution is 7.99. The lowest BCUT2D eigenvalue weighted by atomic mass is 9.85. The third-order valence-electron chi connectivity index (χ3n) is 4.23. The second-order valence-electron chi connectivity index (χ2n) is 6.32. The highest BCUT2D eigenvalue weighted by Gasteiger charge is 2.39. The van der Waals surface area contributed by atoms with Crippen molar-refractivity contribution in [2.24, 2.45) is 5.41 Å². The van der Waals surface area contributed by atoms with E-state index in [1.54, 1.807) is 0 Å². The molecule has 0 saturated carbocycles. The normalized spacial score (nSPS) is 24.0. The van der Waals surface area contributed by atoms with E-state index in [9.17, 15) is 4.79 Å². The van der Waals surface area contributed by atoms with E-state index in [1.807, 2.05) is 11.8 Å². The van der Waals surface area contributed by atoms with E-state index in [0.29, 0.717) is 0 Å². The van der Waals surface area contributed by atoms with Crippen LogP contribution >= 0.6 is 11.8 Å². The molecule has 0 N–H and O–H groups in total. The van der Waals surface area contributed by atoms with Crippen molar-refractivity contribution in [2.45, 2.75) is 37.6 Å². The number of aldehydes is 1. The van der Waals surface area contributed by atoms with Crippen LogP contribution in [0, 0.1) is 5.41 Å². The monoisotopic (exact) mass is 299 g/mol. The van der Waals surface area contributed by atoms with Gasteiger partial charge in [0.1, 0.15) is 6.29 Å². The number of hydrogen-bond donors (Lipinski definition) is 0. The lowest BCUT2D eigenvalue weighted by Gasteiger charge is -2.39. The molecule has 1 aliphatic heterocycles. The number of carbonyl (C=O) groups excluding carboxylic acids is 1. The number of rotatable bonds is 2. The largest absolute Gasteiger partial charge is 0.333 e. The van der Waals surface area contributed by atoms with Crippen molar-refractivity contribution in [3.8, 4) is 0 Å². The van der Waals surface area contributed by atoms with Crippen LogP contribution in [0.5, 0.6) is 0 Å². The summed E-state index contributed by atoms with van der Waals surface area (Å²) in [6.07, 6.45) is 9.61. The van der Waals surface area contributed by atoms with Crippen molar-refractivity contribution >= 4 is 23.7 Å². The fraction of sp³-hybridized carbons (Fsp3) is 0.389. The molecule has 2 nitrogen and oxygen atoms in total. The number of nitrogens with zero attached hydrogens (tertiary/aromatic N) is 1. The molecule has 1 atom stereocenters. The molecule has 0 saturated heterocycles. The zero-order chi connectivity index (χ0) is 14.9. The van der Waals surface area contributed by atoms with E-state index in [1.165, 1.54) is 16.3 Å². The summed E-state index contributed by atoms with van der Waals surface area (Å²) in [4.78, 5) is 15.4. The van der Waals surface area contributed by atoms with Gasteiger partial charge in [0.05, 0.1) is 11.7 Å². The summed E-state index contributed by atoms with van der Waals surface area (Å²) in [5.74, 6) is 0.951. The molecule has 2 aliphatic rings. The van der Waals surface area contributed by atoms with E-state index in [-0.39, 0.29) is 11.5 Å². The molecule has 3 heteroatoms. The summed E-state index contributed by atoms with van der Waals surface area (Å²) < 4.78 is 0. The van der Waals surface area contributed by atoms with E-state index in [4.69, 9.17) is 0 Å². The quantitative estimate of drug-likeness (QED) is 0.754. The van der Waals surface area contributed by atoms with E-state index < -0.39 is 0 Å². The summed E-state index contributed by atoms with van der Waals surface area (Å²) in [6.45, 7) is 4.38.